The van der Waals surface area contributed by atoms with Crippen LogP contribution in [-0.2, 0) is 4.79 Å². The smallest absolute Gasteiger partial charge is 0.222 e. The van der Waals surface area contributed by atoms with E-state index in [4.69, 9.17) is 6.42 Å². The number of hydrogen-bond donors (Lipinski definition) is 2. The molecule has 0 aromatic carbocycles. The van der Waals surface area contributed by atoms with Gasteiger partial charge in [-0.1, -0.05) is 38.5 Å². The predicted octanol–water partition coefficient (Wildman–Crippen LogP) is 2.22. The maximum Gasteiger partial charge on any atom is 0.222 e. The molecule has 3 nitrogen and oxygen atoms in total. The van der Waals surface area contributed by atoms with Gasteiger partial charge < -0.3 is 10.6 Å². The van der Waals surface area contributed by atoms with Crippen molar-refractivity contribution < 1.29 is 4.79 Å². The lowest BCUT2D eigenvalue weighted by Crippen LogP contribution is -2.49. The van der Waals surface area contributed by atoms with Crippen molar-refractivity contribution in [3.8, 4) is 12.3 Å². The van der Waals surface area contributed by atoms with E-state index in [2.05, 4.69) is 23.5 Å². The average molecular weight is 250 g/mol. The molecule has 1 aliphatic rings. The Morgan fingerprint density at radius 2 is 2.06 bits per heavy atom. The van der Waals surface area contributed by atoms with Gasteiger partial charge in [-0.05, 0) is 26.3 Å². The van der Waals surface area contributed by atoms with Crippen molar-refractivity contribution in [1.82, 2.24) is 10.6 Å². The summed E-state index contributed by atoms with van der Waals surface area (Å²) in [5, 5.41) is 6.32. The van der Waals surface area contributed by atoms with Crippen molar-refractivity contribution >= 4 is 5.91 Å². The van der Waals surface area contributed by atoms with Gasteiger partial charge in [-0.15, -0.1) is 6.42 Å². The van der Waals surface area contributed by atoms with Crippen molar-refractivity contribution in [3.63, 3.8) is 0 Å². The topological polar surface area (TPSA) is 41.1 Å². The minimum atomic E-state index is -0.111. The lowest BCUT2D eigenvalue weighted by Gasteiger charge is -2.36. The van der Waals surface area contributed by atoms with Crippen LogP contribution in [0.15, 0.2) is 0 Å². The highest BCUT2D eigenvalue weighted by atomic mass is 16.1. The zero-order chi connectivity index (χ0) is 13.4. The number of amides is 1. The van der Waals surface area contributed by atoms with Crippen molar-refractivity contribution in [3.05, 3.63) is 0 Å². The molecule has 0 bridgehead atoms. The third-order valence-corrected chi connectivity index (χ3v) is 3.95. The van der Waals surface area contributed by atoms with E-state index in [9.17, 15) is 4.79 Å². The van der Waals surface area contributed by atoms with Gasteiger partial charge in [0.15, 0.2) is 0 Å². The van der Waals surface area contributed by atoms with Crippen LogP contribution in [0, 0.1) is 12.3 Å². The molecule has 1 unspecified atom stereocenters. The first-order valence-electron chi connectivity index (χ1n) is 7.10. The summed E-state index contributed by atoms with van der Waals surface area (Å²) in [4.78, 5) is 12.1. The van der Waals surface area contributed by atoms with E-state index < -0.39 is 0 Å². The fraction of sp³-hybridized carbons (Fsp3) is 0.800. The summed E-state index contributed by atoms with van der Waals surface area (Å²) in [5.74, 6) is 2.74. The van der Waals surface area contributed by atoms with Crippen LogP contribution < -0.4 is 10.6 Å². The number of terminal acetylenes is 1. The molecule has 0 spiro atoms. The van der Waals surface area contributed by atoms with E-state index in [0.29, 0.717) is 6.42 Å². The molecule has 2 N–H and O–H groups in total. The summed E-state index contributed by atoms with van der Waals surface area (Å²) < 4.78 is 0. The Morgan fingerprint density at radius 3 is 2.56 bits per heavy atom. The van der Waals surface area contributed by atoms with Gasteiger partial charge in [0.1, 0.15) is 0 Å². The van der Waals surface area contributed by atoms with Crippen molar-refractivity contribution in [2.24, 2.45) is 0 Å². The van der Waals surface area contributed by atoms with Crippen LogP contribution in [0.25, 0.3) is 0 Å². The SMILES string of the molecule is C#CC(CCC)NC(=O)CC1(NC)CCCCC1. The Hall–Kier alpha value is -1.01. The Kier molecular flexibility index (Phi) is 6.21. The number of carbonyl (C=O) groups excluding carboxylic acids is 1. The second-order valence-electron chi connectivity index (χ2n) is 5.34. The molecule has 1 amide bonds. The zero-order valence-corrected chi connectivity index (χ0v) is 11.7. The molecule has 0 aromatic heterocycles. The van der Waals surface area contributed by atoms with E-state index in [1.165, 1.54) is 19.3 Å². The average Bonchev–Trinajstić information content (AvgIpc) is 2.39. The van der Waals surface area contributed by atoms with E-state index in [1.807, 2.05) is 7.05 Å². The Labute approximate surface area is 111 Å². The predicted molar refractivity (Wildman–Crippen MR) is 75.2 cm³/mol. The third-order valence-electron chi connectivity index (χ3n) is 3.95. The first-order chi connectivity index (χ1) is 8.65. The lowest BCUT2D eigenvalue weighted by atomic mass is 9.79. The molecule has 1 saturated carbocycles. The van der Waals surface area contributed by atoms with Crippen LogP contribution in [0.3, 0.4) is 0 Å². The molecule has 3 heteroatoms. The Morgan fingerprint density at radius 1 is 1.39 bits per heavy atom. The fourth-order valence-corrected chi connectivity index (χ4v) is 2.78. The van der Waals surface area contributed by atoms with Gasteiger partial charge in [0.25, 0.3) is 0 Å². The van der Waals surface area contributed by atoms with E-state index in [0.717, 1.165) is 25.7 Å². The summed E-state index contributed by atoms with van der Waals surface area (Å²) in [6, 6.07) is -0.111. The first-order valence-corrected chi connectivity index (χ1v) is 7.10. The quantitative estimate of drug-likeness (QED) is 0.710. The first kappa shape index (κ1) is 15.0. The van der Waals surface area contributed by atoms with E-state index in [1.54, 1.807) is 0 Å². The minimum absolute atomic E-state index is 0.00625. The van der Waals surface area contributed by atoms with Crippen LogP contribution in [-0.4, -0.2) is 24.5 Å². The summed E-state index contributed by atoms with van der Waals surface area (Å²) >= 11 is 0. The van der Waals surface area contributed by atoms with Gasteiger partial charge >= 0.3 is 0 Å². The highest BCUT2D eigenvalue weighted by Crippen LogP contribution is 2.30. The molecule has 0 saturated heterocycles. The van der Waals surface area contributed by atoms with Gasteiger partial charge in [-0.25, -0.2) is 0 Å². The molecule has 1 aliphatic carbocycles. The summed E-state index contributed by atoms with van der Waals surface area (Å²) in [7, 11) is 1.96. The van der Waals surface area contributed by atoms with Gasteiger partial charge in [-0.2, -0.15) is 0 Å². The standard InChI is InChI=1S/C15H26N2O/c1-4-9-13(5-2)17-14(18)12-15(16-3)10-7-6-8-11-15/h2,13,16H,4,6-12H2,1,3H3,(H,17,18). The van der Waals surface area contributed by atoms with Crippen molar-refractivity contribution in [1.29, 1.82) is 0 Å². The molecule has 0 aromatic rings. The highest BCUT2D eigenvalue weighted by molar-refractivity contribution is 5.78. The summed E-state index contributed by atoms with van der Waals surface area (Å²) in [5.41, 5.74) is -0.00625. The van der Waals surface area contributed by atoms with Gasteiger partial charge in [-0.3, -0.25) is 4.79 Å². The molecular weight excluding hydrogens is 224 g/mol. The van der Waals surface area contributed by atoms with Crippen LogP contribution in [0.1, 0.15) is 58.3 Å². The molecule has 1 fully saturated rings. The molecule has 18 heavy (non-hydrogen) atoms. The molecular formula is C15H26N2O. The monoisotopic (exact) mass is 250 g/mol. The minimum Gasteiger partial charge on any atom is -0.342 e. The lowest BCUT2D eigenvalue weighted by molar-refractivity contribution is -0.123. The molecule has 102 valence electrons. The number of nitrogens with one attached hydrogen (secondary N) is 2. The van der Waals surface area contributed by atoms with Crippen LogP contribution >= 0.6 is 0 Å². The highest BCUT2D eigenvalue weighted by Gasteiger charge is 2.32. The summed E-state index contributed by atoms with van der Waals surface area (Å²) in [6.45, 7) is 2.08. The number of carbonyl (C=O) groups is 1. The number of rotatable bonds is 6. The van der Waals surface area contributed by atoms with Gasteiger partial charge in [0, 0.05) is 12.0 Å². The molecule has 1 rings (SSSR count). The maximum absolute atomic E-state index is 12.1. The zero-order valence-electron chi connectivity index (χ0n) is 11.7. The van der Waals surface area contributed by atoms with E-state index >= 15 is 0 Å². The van der Waals surface area contributed by atoms with Crippen molar-refractivity contribution in [2.45, 2.75) is 69.9 Å². The second kappa shape index (κ2) is 7.43. The Bertz CT molecular complexity index is 300. The summed E-state index contributed by atoms with van der Waals surface area (Å²) in [6.07, 6.45) is 13.7. The largest absolute Gasteiger partial charge is 0.342 e. The fourth-order valence-electron chi connectivity index (χ4n) is 2.78. The molecule has 0 heterocycles. The Balaban J connectivity index is 2.49. The molecule has 0 aliphatic heterocycles. The molecule has 1 atom stereocenters. The van der Waals surface area contributed by atoms with Gasteiger partial charge in [0.2, 0.25) is 5.91 Å². The van der Waals surface area contributed by atoms with Crippen LogP contribution in [0.4, 0.5) is 0 Å². The van der Waals surface area contributed by atoms with E-state index in [-0.39, 0.29) is 17.5 Å². The third kappa shape index (κ3) is 4.34. The van der Waals surface area contributed by atoms with Crippen LogP contribution in [0.5, 0.6) is 0 Å². The maximum atomic E-state index is 12.1. The molecule has 0 radical (unpaired) electrons. The van der Waals surface area contributed by atoms with Crippen molar-refractivity contribution in [2.75, 3.05) is 7.05 Å². The normalized spacial score (nSPS) is 19.8. The second-order valence-corrected chi connectivity index (χ2v) is 5.34. The van der Waals surface area contributed by atoms with Gasteiger partial charge in [0.05, 0.1) is 6.04 Å². The number of hydrogen-bond acceptors (Lipinski definition) is 2. The van der Waals surface area contributed by atoms with Crippen LogP contribution in [0.2, 0.25) is 0 Å².